The molecule has 11 heteroatoms. The number of hydrogen-bond acceptors (Lipinski definition) is 9. The Balaban J connectivity index is 1.19. The van der Waals surface area contributed by atoms with Crippen LogP contribution < -0.4 is 10.5 Å². The minimum atomic E-state index is -1.31. The summed E-state index contributed by atoms with van der Waals surface area (Å²) in [5.74, 6) is 0.785. The van der Waals surface area contributed by atoms with Crippen molar-refractivity contribution < 1.29 is 39.5 Å². The van der Waals surface area contributed by atoms with Gasteiger partial charge in [0.2, 0.25) is 5.69 Å². The number of hydrogen-bond donors (Lipinski definition) is 4. The molecule has 3 saturated carbocycles. The average Bonchev–Trinajstić information content (AvgIpc) is 3.35. The number of amides is 1. The fourth-order valence-corrected chi connectivity index (χ4v) is 9.17. The number of fused-ring (bicyclic) bond motifs is 5. The number of ether oxygens (including phenoxy) is 1. The molecule has 44 heavy (non-hydrogen) atoms. The third-order valence-electron chi connectivity index (χ3n) is 11.4. The Kier molecular flexibility index (Phi) is 9.21. The maximum atomic E-state index is 12.7. The summed E-state index contributed by atoms with van der Waals surface area (Å²) in [6.45, 7) is 6.15. The van der Waals surface area contributed by atoms with Crippen LogP contribution in [0.1, 0.15) is 77.7 Å². The Morgan fingerprint density at radius 3 is 2.61 bits per heavy atom. The van der Waals surface area contributed by atoms with Crippen LogP contribution in [0.25, 0.3) is 0 Å². The zero-order valence-electron chi connectivity index (χ0n) is 26.1. The number of oxime groups is 1. The lowest BCUT2D eigenvalue weighted by Crippen LogP contribution is -2.99. The number of nitrogens with zero attached hydrogens (tertiary/aromatic N) is 1. The minimum absolute atomic E-state index is 0.0320. The van der Waals surface area contributed by atoms with Crippen molar-refractivity contribution in [3.05, 3.63) is 40.6 Å². The number of carbonyl (C=O) groups is 3. The smallest absolute Gasteiger partial charge is 0.328 e. The molecule has 0 spiro atoms. The van der Waals surface area contributed by atoms with Gasteiger partial charge in [-0.05, 0) is 105 Å². The lowest BCUT2D eigenvalue weighted by atomic mass is 9.46. The number of rotatable bonds is 9. The quantitative estimate of drug-likeness (QED) is 0.187. The number of esters is 1. The Morgan fingerprint density at radius 2 is 1.91 bits per heavy atom. The van der Waals surface area contributed by atoms with Gasteiger partial charge in [-0.3, -0.25) is 9.59 Å². The van der Waals surface area contributed by atoms with E-state index >= 15 is 0 Å². The number of methoxy groups -OCH3 is 1. The predicted molar refractivity (Wildman–Crippen MR) is 161 cm³/mol. The zero-order chi connectivity index (χ0) is 31.8. The number of aromatic hydroxyl groups is 1. The van der Waals surface area contributed by atoms with Gasteiger partial charge in [-0.1, -0.05) is 30.6 Å². The van der Waals surface area contributed by atoms with E-state index in [1.54, 1.807) is 6.92 Å². The van der Waals surface area contributed by atoms with Crippen LogP contribution in [0.2, 0.25) is 0 Å². The molecule has 4 aliphatic carbocycles. The molecule has 1 aromatic rings. The zero-order valence-corrected chi connectivity index (χ0v) is 26.1. The van der Waals surface area contributed by atoms with Crippen molar-refractivity contribution in [2.45, 2.75) is 84.6 Å². The standard InChI is InChI=1S/C33H45N3O8/c1-19(37)24-8-9-25-23-7-6-21-17-22(11-13-32(21,2)26(23)12-14-33(24,25)3)35-44-18-30(39)34-27(31(40)43-4)15-20-5-10-29(38)28(16-20)36(41)42/h5,10,16-17,23-27,36,38,41H,6-9,11-15,18H2,1-4H3,(H,34,39)/t23?,24?,25?,26?,27?,32-,33+/m0/s1. The molecule has 0 bridgehead atoms. The van der Waals surface area contributed by atoms with Gasteiger partial charge in [0, 0.05) is 18.4 Å². The van der Waals surface area contributed by atoms with Crippen molar-refractivity contribution in [2.75, 3.05) is 13.7 Å². The summed E-state index contributed by atoms with van der Waals surface area (Å²) >= 11 is 0. The molecule has 8 atom stereocenters. The Bertz CT molecular complexity index is 1360. The van der Waals surface area contributed by atoms with E-state index in [9.17, 15) is 29.9 Å². The minimum Gasteiger partial charge on any atom is -0.595 e. The highest BCUT2D eigenvalue weighted by molar-refractivity contribution is 5.96. The number of phenols is 1. The van der Waals surface area contributed by atoms with E-state index in [1.165, 1.54) is 30.9 Å². The second kappa shape index (κ2) is 12.6. The third kappa shape index (κ3) is 6.01. The van der Waals surface area contributed by atoms with E-state index in [2.05, 4.69) is 30.4 Å². The first-order valence-electron chi connectivity index (χ1n) is 15.7. The number of ketones is 1. The van der Waals surface area contributed by atoms with Gasteiger partial charge in [0.1, 0.15) is 11.8 Å². The topological polar surface area (TPSA) is 162 Å². The molecule has 6 unspecified atom stereocenters. The molecular weight excluding hydrogens is 566 g/mol. The fourth-order valence-electron chi connectivity index (χ4n) is 9.17. The van der Waals surface area contributed by atoms with Crippen LogP contribution >= 0.6 is 0 Å². The van der Waals surface area contributed by atoms with Crippen molar-refractivity contribution in [1.29, 1.82) is 0 Å². The van der Waals surface area contributed by atoms with Gasteiger partial charge in [-0.2, -0.15) is 5.23 Å². The molecular formula is C33H45N3O8. The summed E-state index contributed by atoms with van der Waals surface area (Å²) in [6, 6.07) is 2.88. The van der Waals surface area contributed by atoms with E-state index in [1.807, 2.05) is 0 Å². The molecule has 1 aromatic carbocycles. The molecule has 4 N–H and O–H groups in total. The maximum Gasteiger partial charge on any atom is 0.328 e. The van der Waals surface area contributed by atoms with E-state index in [0.717, 1.165) is 57.1 Å². The molecule has 3 fully saturated rings. The van der Waals surface area contributed by atoms with Crippen molar-refractivity contribution >= 4 is 29.1 Å². The van der Waals surface area contributed by atoms with Crippen LogP contribution in [0, 0.1) is 39.7 Å². The first kappa shape index (κ1) is 32.1. The highest BCUT2D eigenvalue weighted by Gasteiger charge is 2.59. The number of quaternary nitrogens is 1. The van der Waals surface area contributed by atoms with Gasteiger partial charge in [0.05, 0.1) is 12.8 Å². The summed E-state index contributed by atoms with van der Waals surface area (Å²) in [5.41, 5.74) is 2.58. The monoisotopic (exact) mass is 611 g/mol. The van der Waals surface area contributed by atoms with Gasteiger partial charge < -0.3 is 25.2 Å². The maximum absolute atomic E-state index is 12.7. The summed E-state index contributed by atoms with van der Waals surface area (Å²) in [4.78, 5) is 42.9. The van der Waals surface area contributed by atoms with Gasteiger partial charge in [-0.25, -0.2) is 10.0 Å². The largest absolute Gasteiger partial charge is 0.595 e. The molecule has 0 aliphatic heterocycles. The molecule has 0 saturated heterocycles. The molecule has 4 aliphatic rings. The highest BCUT2D eigenvalue weighted by Crippen LogP contribution is 2.66. The van der Waals surface area contributed by atoms with Gasteiger partial charge >= 0.3 is 5.97 Å². The van der Waals surface area contributed by atoms with Crippen LogP contribution in [-0.2, 0) is 30.4 Å². The molecule has 1 amide bonds. The predicted octanol–water partition coefficient (Wildman–Crippen LogP) is 3.54. The summed E-state index contributed by atoms with van der Waals surface area (Å²) in [6.07, 6.45) is 10.5. The second-order valence-corrected chi connectivity index (χ2v) is 13.6. The summed E-state index contributed by atoms with van der Waals surface area (Å²) in [5, 5.41) is 35.9. The van der Waals surface area contributed by atoms with Crippen molar-refractivity contribution in [1.82, 2.24) is 5.32 Å². The van der Waals surface area contributed by atoms with Gasteiger partial charge in [-0.15, -0.1) is 0 Å². The van der Waals surface area contributed by atoms with Crippen LogP contribution in [0.15, 0.2) is 35.0 Å². The van der Waals surface area contributed by atoms with E-state index in [0.29, 0.717) is 29.1 Å². The molecule has 11 nitrogen and oxygen atoms in total. The fraction of sp³-hybridized carbons (Fsp3) is 0.636. The van der Waals surface area contributed by atoms with Crippen LogP contribution in [0.3, 0.4) is 0 Å². The molecule has 0 heterocycles. The molecule has 0 radical (unpaired) electrons. The number of benzene rings is 1. The highest BCUT2D eigenvalue weighted by atomic mass is 16.8. The Labute approximate surface area is 258 Å². The Hall–Kier alpha value is -3.28. The SMILES string of the molecule is COC(=O)C(Cc1ccc(O)c([NH+]([O-])O)c1)NC(=O)CON=C1C=C2CCC3C4CCC(C(C)=O)[C@@]4(C)CCC3[C@@]2(C)CC1. The lowest BCUT2D eigenvalue weighted by Gasteiger charge is -2.58. The molecule has 5 rings (SSSR count). The van der Waals surface area contributed by atoms with Gasteiger partial charge in [0.25, 0.3) is 5.91 Å². The number of nitrogens with one attached hydrogen (secondary N) is 2. The van der Waals surface area contributed by atoms with Crippen LogP contribution in [0.5, 0.6) is 5.75 Å². The number of Topliss-reactive ketones (excluding diaryl/α,β-unsaturated/α-hetero) is 1. The summed E-state index contributed by atoms with van der Waals surface area (Å²) in [7, 11) is 1.20. The third-order valence-corrected chi connectivity index (χ3v) is 11.4. The lowest BCUT2D eigenvalue weighted by molar-refractivity contribution is -0.991. The van der Waals surface area contributed by atoms with Gasteiger partial charge in [0.15, 0.2) is 12.4 Å². The molecule has 0 aromatic heterocycles. The first-order valence-corrected chi connectivity index (χ1v) is 15.7. The molecule has 240 valence electrons. The number of phenolic OH excluding ortho intramolecular Hbond substituents is 1. The number of allylic oxidation sites excluding steroid dienone is 2. The van der Waals surface area contributed by atoms with E-state index in [4.69, 9.17) is 9.57 Å². The van der Waals surface area contributed by atoms with Crippen molar-refractivity contribution in [3.8, 4) is 5.75 Å². The Morgan fingerprint density at radius 1 is 1.14 bits per heavy atom. The summed E-state index contributed by atoms with van der Waals surface area (Å²) < 4.78 is 4.82. The van der Waals surface area contributed by atoms with Crippen LogP contribution in [0.4, 0.5) is 5.69 Å². The second-order valence-electron chi connectivity index (χ2n) is 13.6. The van der Waals surface area contributed by atoms with E-state index < -0.39 is 35.5 Å². The van der Waals surface area contributed by atoms with Crippen LogP contribution in [-0.4, -0.2) is 53.4 Å². The average molecular weight is 612 g/mol. The number of carbonyl (C=O) groups excluding carboxylic acids is 3. The first-order chi connectivity index (χ1) is 20.9. The van der Waals surface area contributed by atoms with E-state index in [-0.39, 0.29) is 28.9 Å². The normalized spacial score (nSPS) is 33.2. The van der Waals surface area contributed by atoms with Crippen molar-refractivity contribution in [2.24, 2.45) is 39.7 Å². The van der Waals surface area contributed by atoms with Crippen molar-refractivity contribution in [3.63, 3.8) is 0 Å².